The molecule has 3 N–H and O–H groups in total. The van der Waals surface area contributed by atoms with E-state index in [-0.39, 0.29) is 29.4 Å². The van der Waals surface area contributed by atoms with Gasteiger partial charge in [0.1, 0.15) is 0 Å². The summed E-state index contributed by atoms with van der Waals surface area (Å²) >= 11 is 12.6. The van der Waals surface area contributed by atoms with Gasteiger partial charge in [-0.25, -0.2) is 4.79 Å². The molecular formula is C19H23Cl2N3O2. The highest BCUT2D eigenvalue weighted by molar-refractivity contribution is 6.33. The average Bonchev–Trinajstić information content (AvgIpc) is 3.23. The monoisotopic (exact) mass is 395 g/mol. The second-order valence-corrected chi connectivity index (χ2v) is 8.73. The van der Waals surface area contributed by atoms with Crippen molar-refractivity contribution in [3.8, 4) is 0 Å². The van der Waals surface area contributed by atoms with Gasteiger partial charge in [0.05, 0.1) is 11.6 Å². The Morgan fingerprint density at radius 1 is 1.23 bits per heavy atom. The molecule has 3 fully saturated rings. The maximum Gasteiger partial charge on any atom is 0.315 e. The zero-order valence-corrected chi connectivity index (χ0v) is 16.0. The van der Waals surface area contributed by atoms with Gasteiger partial charge in [-0.15, -0.1) is 0 Å². The Labute approximate surface area is 163 Å². The highest BCUT2D eigenvalue weighted by atomic mass is 35.5. The van der Waals surface area contributed by atoms with Crippen molar-refractivity contribution in [2.24, 2.45) is 11.8 Å². The van der Waals surface area contributed by atoms with Crippen molar-refractivity contribution in [2.75, 3.05) is 6.54 Å². The maximum atomic E-state index is 12.9. The molecule has 3 amide bonds. The number of carbonyl (C=O) groups excluding carboxylic acids is 2. The molecule has 1 saturated heterocycles. The third-order valence-corrected chi connectivity index (χ3v) is 6.65. The molecule has 1 aromatic rings. The van der Waals surface area contributed by atoms with Gasteiger partial charge >= 0.3 is 6.03 Å². The van der Waals surface area contributed by atoms with Gasteiger partial charge in [0, 0.05) is 22.5 Å². The van der Waals surface area contributed by atoms with Crippen LogP contribution in [0.4, 0.5) is 4.79 Å². The van der Waals surface area contributed by atoms with Gasteiger partial charge in [-0.2, -0.15) is 0 Å². The van der Waals surface area contributed by atoms with Crippen molar-refractivity contribution < 1.29 is 9.59 Å². The van der Waals surface area contributed by atoms with Gasteiger partial charge in [0.25, 0.3) is 0 Å². The van der Waals surface area contributed by atoms with Crippen LogP contribution in [-0.2, 0) is 4.79 Å². The lowest BCUT2D eigenvalue weighted by Gasteiger charge is -2.43. The van der Waals surface area contributed by atoms with Crippen LogP contribution in [0.3, 0.4) is 0 Å². The van der Waals surface area contributed by atoms with Crippen LogP contribution in [-0.4, -0.2) is 24.0 Å². The molecule has 2 aliphatic carbocycles. The predicted molar refractivity (Wildman–Crippen MR) is 101 cm³/mol. The van der Waals surface area contributed by atoms with E-state index in [4.69, 9.17) is 23.2 Å². The van der Waals surface area contributed by atoms with Gasteiger partial charge < -0.3 is 16.0 Å². The molecule has 0 bridgehead atoms. The highest BCUT2D eigenvalue weighted by Gasteiger charge is 2.51. The molecule has 2 saturated carbocycles. The van der Waals surface area contributed by atoms with Crippen LogP contribution in [0.2, 0.25) is 10.0 Å². The van der Waals surface area contributed by atoms with E-state index < -0.39 is 0 Å². The molecule has 5 nitrogen and oxygen atoms in total. The summed E-state index contributed by atoms with van der Waals surface area (Å²) in [7, 11) is 0. The first-order valence-electron chi connectivity index (χ1n) is 9.27. The number of hydrogen-bond donors (Lipinski definition) is 3. The standard InChI is InChI=1S/C19H23Cl2N3O2/c20-13-5-6-15(21)14(7-13)16(11-3-1-2-4-11)23-17(25)12-8-19(9-12)10-22-18(26)24-19/h5-7,11-12,16H,1-4,8-10H2,(H,23,25)(H2,22,24,26)/t12?,16-,19?/m0/s1. The van der Waals surface area contributed by atoms with Gasteiger partial charge in [-0.05, 0) is 55.4 Å². The molecule has 1 aromatic carbocycles. The smallest absolute Gasteiger partial charge is 0.315 e. The van der Waals surface area contributed by atoms with Gasteiger partial charge in [0.2, 0.25) is 5.91 Å². The number of nitrogens with one attached hydrogen (secondary N) is 3. The van der Waals surface area contributed by atoms with Crippen LogP contribution >= 0.6 is 23.2 Å². The molecule has 0 radical (unpaired) electrons. The number of rotatable bonds is 4. The van der Waals surface area contributed by atoms with Crippen molar-refractivity contribution in [3.63, 3.8) is 0 Å². The average molecular weight is 396 g/mol. The van der Waals surface area contributed by atoms with E-state index in [1.54, 1.807) is 12.1 Å². The SMILES string of the molecule is O=C1NCC2(CC(C(=O)N[C@H](c3cc(Cl)ccc3Cl)C3CCCC3)C2)N1. The van der Waals surface area contributed by atoms with E-state index in [1.807, 2.05) is 6.07 Å². The summed E-state index contributed by atoms with van der Waals surface area (Å²) in [5.41, 5.74) is 0.666. The number of carbonyl (C=O) groups is 2. The van der Waals surface area contributed by atoms with Crippen molar-refractivity contribution >= 4 is 35.1 Å². The lowest BCUT2D eigenvalue weighted by molar-refractivity contribution is -0.131. The molecule has 1 atom stereocenters. The van der Waals surface area contributed by atoms with Crippen LogP contribution < -0.4 is 16.0 Å². The zero-order valence-electron chi connectivity index (χ0n) is 14.5. The first-order chi connectivity index (χ1) is 12.5. The minimum atomic E-state index is -0.240. The van der Waals surface area contributed by atoms with Crippen LogP contribution in [0.1, 0.15) is 50.1 Å². The molecule has 7 heteroatoms. The lowest BCUT2D eigenvalue weighted by atomic mass is 9.68. The summed E-state index contributed by atoms with van der Waals surface area (Å²) in [5, 5.41) is 10.2. The Morgan fingerprint density at radius 2 is 1.96 bits per heavy atom. The number of hydrogen-bond acceptors (Lipinski definition) is 2. The fourth-order valence-electron chi connectivity index (χ4n) is 4.66. The molecule has 26 heavy (non-hydrogen) atoms. The van der Waals surface area contributed by atoms with E-state index in [0.717, 1.165) is 18.4 Å². The van der Waals surface area contributed by atoms with Crippen molar-refractivity contribution in [2.45, 2.75) is 50.1 Å². The van der Waals surface area contributed by atoms with E-state index >= 15 is 0 Å². The normalized spacial score (nSPS) is 29.2. The van der Waals surface area contributed by atoms with Crippen molar-refractivity contribution in [1.82, 2.24) is 16.0 Å². The van der Waals surface area contributed by atoms with Crippen LogP contribution in [0.15, 0.2) is 18.2 Å². The van der Waals surface area contributed by atoms with E-state index in [2.05, 4.69) is 16.0 Å². The molecule has 1 aliphatic heterocycles. The quantitative estimate of drug-likeness (QED) is 0.725. The summed E-state index contributed by atoms with van der Waals surface area (Å²) in [5.74, 6) is 0.360. The summed E-state index contributed by atoms with van der Waals surface area (Å²) in [6.45, 7) is 0.599. The Kier molecular flexibility index (Phi) is 4.78. The molecule has 0 unspecified atom stereocenters. The van der Waals surface area contributed by atoms with E-state index in [0.29, 0.717) is 35.3 Å². The van der Waals surface area contributed by atoms with E-state index in [1.165, 1.54) is 12.8 Å². The van der Waals surface area contributed by atoms with Gasteiger partial charge in [-0.3, -0.25) is 4.79 Å². The van der Waals surface area contributed by atoms with Crippen molar-refractivity contribution in [3.05, 3.63) is 33.8 Å². The van der Waals surface area contributed by atoms with Crippen LogP contribution in [0.5, 0.6) is 0 Å². The fourth-order valence-corrected chi connectivity index (χ4v) is 5.07. The third kappa shape index (κ3) is 3.39. The Hall–Kier alpha value is -1.46. The van der Waals surface area contributed by atoms with Gasteiger partial charge in [0.15, 0.2) is 0 Å². The van der Waals surface area contributed by atoms with Crippen LogP contribution in [0, 0.1) is 11.8 Å². The maximum absolute atomic E-state index is 12.9. The fraction of sp³-hybridized carbons (Fsp3) is 0.579. The van der Waals surface area contributed by atoms with Crippen LogP contribution in [0.25, 0.3) is 0 Å². The first kappa shape index (κ1) is 17.9. The summed E-state index contributed by atoms with van der Waals surface area (Å²) in [6, 6.07) is 5.19. The second kappa shape index (κ2) is 6.93. The highest BCUT2D eigenvalue weighted by Crippen LogP contribution is 2.42. The van der Waals surface area contributed by atoms with Gasteiger partial charge in [-0.1, -0.05) is 36.0 Å². The minimum absolute atomic E-state index is 0.0460. The predicted octanol–water partition coefficient (Wildman–Crippen LogP) is 3.80. The molecule has 1 heterocycles. The zero-order chi connectivity index (χ0) is 18.3. The molecule has 140 valence electrons. The summed E-state index contributed by atoms with van der Waals surface area (Å²) in [4.78, 5) is 24.2. The summed E-state index contributed by atoms with van der Waals surface area (Å²) < 4.78 is 0. The molecule has 1 spiro atoms. The second-order valence-electron chi connectivity index (χ2n) is 7.89. The minimum Gasteiger partial charge on any atom is -0.349 e. The molecule has 4 rings (SSSR count). The number of urea groups is 1. The lowest BCUT2D eigenvalue weighted by Crippen LogP contribution is -2.58. The Balaban J connectivity index is 1.48. The summed E-state index contributed by atoms with van der Waals surface area (Å²) in [6.07, 6.45) is 5.89. The number of amides is 3. The number of benzene rings is 1. The Bertz CT molecular complexity index is 727. The Morgan fingerprint density at radius 3 is 2.62 bits per heavy atom. The molecular weight excluding hydrogens is 373 g/mol. The van der Waals surface area contributed by atoms with Crippen molar-refractivity contribution in [1.29, 1.82) is 0 Å². The topological polar surface area (TPSA) is 70.2 Å². The third-order valence-electron chi connectivity index (χ3n) is 6.07. The first-order valence-corrected chi connectivity index (χ1v) is 10.0. The van der Waals surface area contributed by atoms with E-state index in [9.17, 15) is 9.59 Å². The number of halogens is 2. The molecule has 3 aliphatic rings. The molecule has 0 aromatic heterocycles. The largest absolute Gasteiger partial charge is 0.349 e.